The fraction of sp³-hybridized carbons (Fsp3) is 0.281. The van der Waals surface area contributed by atoms with Crippen LogP contribution in [-0.2, 0) is 49.0 Å². The van der Waals surface area contributed by atoms with Gasteiger partial charge in [-0.25, -0.2) is 0 Å². The van der Waals surface area contributed by atoms with Gasteiger partial charge in [-0.1, -0.05) is 98.5 Å². The molecular weight excluding hydrogens is 1080 g/mol. The zero-order valence-electron chi connectivity index (χ0n) is 45.4. The number of hydrogen-bond donors (Lipinski definition) is 3. The Balaban J connectivity index is 0.000000221. The van der Waals surface area contributed by atoms with Gasteiger partial charge in [0.05, 0.1) is 85.1 Å². The summed E-state index contributed by atoms with van der Waals surface area (Å²) in [7, 11) is -1.00. The molecule has 9 aromatic rings. The minimum atomic E-state index is -1.00. The predicted octanol–water partition coefficient (Wildman–Crippen LogP) is 14.2. The number of carbonyl (C=O) groups excluding carboxylic acids is 1. The number of nitrogens with two attached hydrogens (primary N) is 1. The molecule has 0 atom stereocenters. The van der Waals surface area contributed by atoms with Crippen molar-refractivity contribution in [1.82, 2.24) is 13.7 Å². The number of rotatable bonds is 20. The van der Waals surface area contributed by atoms with E-state index < -0.39 is 65.0 Å². The molecule has 0 spiro atoms. The van der Waals surface area contributed by atoms with Crippen molar-refractivity contribution in [3.63, 3.8) is 0 Å². The standard InChI is InChI=1S/C22H20F2N2O2.C20H20F2N2OS.C20H18F2N2O.CH3F.CH4/c1-15(27)28-14-17-5-6-20-21(19-4-2-3-16(7-19)11-25)13-26(22(20)8-17)12-18(9-23)10-24;21-8-14(9-22)10-24-11-18(15-2-1-3-16(7-15)20(23)26)17-5-4-13(12-25)6-19(17)24;21-8-16(9-22)11-24-12-19(17-3-1-2-14(6-17)10-23)18-5-4-15(13-25)7-20(18)24;1-2;/h2-8,13,18H,9-10,12,14H2,1H3;1-7,11,14,25H,8-10,12H2,(H2,23,26);1-7,12,16,25H,8-9,11,13H2;1H3;1H4/i;;;1D;. The number of fused-ring (bicyclic) bond motifs is 3. The van der Waals surface area contributed by atoms with E-state index in [9.17, 15) is 51.0 Å². The van der Waals surface area contributed by atoms with Crippen molar-refractivity contribution in [3.05, 3.63) is 179 Å². The van der Waals surface area contributed by atoms with E-state index in [1.54, 1.807) is 30.3 Å². The summed E-state index contributed by atoms with van der Waals surface area (Å²) in [6.07, 6.45) is 5.61. The number of alkyl halides is 7. The molecule has 430 valence electrons. The highest BCUT2D eigenvalue weighted by Crippen LogP contribution is 2.36. The highest BCUT2D eigenvalue weighted by molar-refractivity contribution is 7.80. The maximum Gasteiger partial charge on any atom is 0.302 e. The maximum atomic E-state index is 13.1. The van der Waals surface area contributed by atoms with Crippen molar-refractivity contribution in [3.8, 4) is 45.5 Å². The van der Waals surface area contributed by atoms with E-state index in [0.717, 1.165) is 88.3 Å². The number of ether oxygens (including phenoxy) is 1. The minimum Gasteiger partial charge on any atom is -0.461 e. The average molecular weight is 1150 g/mol. The van der Waals surface area contributed by atoms with Crippen molar-refractivity contribution < 1.29 is 51.8 Å². The zero-order valence-corrected chi connectivity index (χ0v) is 45.2. The lowest BCUT2D eigenvalue weighted by Crippen LogP contribution is -2.14. The minimum absolute atomic E-state index is 0. The molecule has 0 unspecified atom stereocenters. The van der Waals surface area contributed by atoms with Crippen LogP contribution in [0.5, 0.6) is 0 Å². The van der Waals surface area contributed by atoms with Crippen LogP contribution in [0.15, 0.2) is 146 Å². The normalized spacial score (nSPS) is 11.0. The van der Waals surface area contributed by atoms with Crippen LogP contribution >= 0.6 is 12.2 Å². The highest BCUT2D eigenvalue weighted by Gasteiger charge is 2.19. The lowest BCUT2D eigenvalue weighted by molar-refractivity contribution is -0.142. The Morgan fingerprint density at radius 1 is 0.585 bits per heavy atom. The molecule has 0 aliphatic heterocycles. The molecule has 0 saturated carbocycles. The van der Waals surface area contributed by atoms with E-state index in [0.29, 0.717) is 16.1 Å². The van der Waals surface area contributed by atoms with Crippen LogP contribution in [0.3, 0.4) is 0 Å². The lowest BCUT2D eigenvalue weighted by atomic mass is 10.0. The monoisotopic (exact) mass is 1150 g/mol. The second kappa shape index (κ2) is 31.6. The third kappa shape index (κ3) is 16.0. The first-order valence-corrected chi connectivity index (χ1v) is 26.0. The summed E-state index contributed by atoms with van der Waals surface area (Å²) >= 11 is 5.06. The van der Waals surface area contributed by atoms with Gasteiger partial charge in [0.2, 0.25) is 0 Å². The average Bonchev–Trinajstić information content (AvgIpc) is 4.23. The van der Waals surface area contributed by atoms with E-state index in [1.165, 1.54) is 6.92 Å². The van der Waals surface area contributed by atoms with E-state index >= 15 is 0 Å². The Hall–Kier alpha value is -8.29. The van der Waals surface area contributed by atoms with Crippen molar-refractivity contribution in [1.29, 1.82) is 10.5 Å². The Morgan fingerprint density at radius 2 is 0.927 bits per heavy atom. The zero-order chi connectivity index (χ0) is 59.3. The summed E-state index contributed by atoms with van der Waals surface area (Å²) in [6.45, 7) is -2.47. The number of aliphatic hydroxyl groups excluding tert-OH is 2. The quantitative estimate of drug-likeness (QED) is 0.0387. The Morgan fingerprint density at radius 3 is 1.26 bits per heavy atom. The van der Waals surface area contributed by atoms with E-state index in [4.69, 9.17) is 29.3 Å². The molecule has 10 nitrogen and oxygen atoms in total. The van der Waals surface area contributed by atoms with Gasteiger partial charge in [0.15, 0.2) is 0 Å². The number of hydrogen-bond acceptors (Lipinski definition) is 7. The number of aromatic nitrogens is 3. The molecule has 6 aromatic carbocycles. The third-order valence-corrected chi connectivity index (χ3v) is 13.6. The third-order valence-electron chi connectivity index (χ3n) is 13.4. The van der Waals surface area contributed by atoms with Crippen molar-refractivity contribution in [2.75, 3.05) is 47.2 Å². The van der Waals surface area contributed by atoms with Gasteiger partial charge in [0.25, 0.3) is 0 Å². The maximum absolute atomic E-state index is 13.1. The first-order valence-electron chi connectivity index (χ1n) is 26.3. The summed E-state index contributed by atoms with van der Waals surface area (Å²) in [4.78, 5) is 11.4. The van der Waals surface area contributed by atoms with Gasteiger partial charge in [-0.2, -0.15) is 10.5 Å². The predicted molar refractivity (Wildman–Crippen MR) is 315 cm³/mol. The number of halogens is 7. The number of nitriles is 2. The number of esters is 1. The van der Waals surface area contributed by atoms with Crippen LogP contribution in [0, 0.1) is 40.4 Å². The topological polar surface area (TPSA) is 155 Å². The van der Waals surface area contributed by atoms with Crippen LogP contribution in [-0.4, -0.2) is 82.1 Å². The van der Waals surface area contributed by atoms with E-state index in [2.05, 4.69) is 12.1 Å². The molecule has 0 fully saturated rings. The number of nitrogens with zero attached hydrogens (tertiary/aromatic N) is 5. The van der Waals surface area contributed by atoms with Gasteiger partial charge < -0.3 is 34.4 Å². The van der Waals surface area contributed by atoms with Crippen LogP contribution in [0.25, 0.3) is 66.1 Å². The van der Waals surface area contributed by atoms with Crippen LogP contribution < -0.4 is 5.73 Å². The Bertz CT molecular complexity index is 3670. The first-order chi connectivity index (χ1) is 39.7. The largest absolute Gasteiger partial charge is 0.461 e. The second-order valence-electron chi connectivity index (χ2n) is 19.1. The molecule has 82 heavy (non-hydrogen) atoms. The van der Waals surface area contributed by atoms with E-state index in [1.807, 2.05) is 129 Å². The molecule has 0 amide bonds. The summed E-state index contributed by atoms with van der Waals surface area (Å²) in [6, 6.07) is 43.1. The summed E-state index contributed by atoms with van der Waals surface area (Å²) in [5, 5.41) is 39.9. The lowest BCUT2D eigenvalue weighted by Gasteiger charge is -2.12. The fourth-order valence-electron chi connectivity index (χ4n) is 9.23. The number of carbonyl (C=O) groups is 1. The van der Waals surface area contributed by atoms with Crippen molar-refractivity contribution >= 4 is 55.9 Å². The van der Waals surface area contributed by atoms with E-state index in [-0.39, 0.29) is 52.9 Å². The second-order valence-corrected chi connectivity index (χ2v) is 19.5. The van der Waals surface area contributed by atoms with Gasteiger partial charge in [0, 0.05) is 118 Å². The SMILES string of the molecule is C.CC(=O)OCc1ccc2c(-c3cccc(C#N)c3)cn(CC(CF)CF)c2c1.N#Cc1cccc(-c2cn(CC(CF)CF)c3cc(CO)ccc23)c1.NC(=S)c1cccc(-c2cn(CC(CF)CF)c3cc(CO)ccc23)c1.[2H]CF. The smallest absolute Gasteiger partial charge is 0.302 e. The Labute approximate surface area is 479 Å². The fourth-order valence-corrected chi connectivity index (χ4v) is 9.36. The molecule has 18 heteroatoms. The molecule has 4 N–H and O–H groups in total. The molecule has 3 heterocycles. The molecule has 0 aliphatic rings. The summed E-state index contributed by atoms with van der Waals surface area (Å²) in [5.74, 6) is -2.50. The molecule has 0 radical (unpaired) electrons. The molecule has 0 aliphatic carbocycles. The number of benzene rings is 6. The van der Waals surface area contributed by atoms with Crippen molar-refractivity contribution in [2.24, 2.45) is 23.5 Å². The van der Waals surface area contributed by atoms with Gasteiger partial charge in [-0.15, -0.1) is 0 Å². The molecule has 3 aromatic heterocycles. The van der Waals surface area contributed by atoms with Gasteiger partial charge in [-0.3, -0.25) is 35.5 Å². The van der Waals surface area contributed by atoms with Crippen LogP contribution in [0.4, 0.5) is 30.7 Å². The highest BCUT2D eigenvalue weighted by atomic mass is 32.1. The van der Waals surface area contributed by atoms with Gasteiger partial charge in [0.1, 0.15) is 11.6 Å². The molecule has 0 bridgehead atoms. The van der Waals surface area contributed by atoms with Gasteiger partial charge >= 0.3 is 5.97 Å². The number of thiocarbonyl (C=S) groups is 1. The summed E-state index contributed by atoms with van der Waals surface area (Å²) in [5.41, 5.74) is 17.7. The van der Waals surface area contributed by atoms with Crippen LogP contribution in [0.2, 0.25) is 0 Å². The van der Waals surface area contributed by atoms with Crippen molar-refractivity contribution in [2.45, 2.75) is 53.8 Å². The number of aliphatic hydroxyl groups is 2. The molecule has 0 saturated heterocycles. The first kappa shape index (κ1) is 62.9. The molecule has 9 rings (SSSR count). The van der Waals surface area contributed by atoms with Crippen LogP contribution in [0.1, 0.15) is 49.1 Å². The summed E-state index contributed by atoms with van der Waals surface area (Å²) < 4.78 is 104. The van der Waals surface area contributed by atoms with Gasteiger partial charge in [-0.05, 0) is 81.9 Å². The Kier molecular flexibility index (Phi) is 24.3. The molecular formula is C64H65F7N6O4S.